The summed E-state index contributed by atoms with van der Waals surface area (Å²) in [6.07, 6.45) is 0.496. The summed E-state index contributed by atoms with van der Waals surface area (Å²) in [6, 6.07) is 11.9. The van der Waals surface area contributed by atoms with Gasteiger partial charge < -0.3 is 19.0 Å². The quantitative estimate of drug-likeness (QED) is 0.453. The highest BCUT2D eigenvalue weighted by atomic mass is 16.6. The van der Waals surface area contributed by atoms with Crippen LogP contribution in [-0.2, 0) is 19.2 Å². The van der Waals surface area contributed by atoms with Crippen LogP contribution in [-0.4, -0.2) is 50.4 Å². The number of oxime groups is 1. The fourth-order valence-electron chi connectivity index (χ4n) is 6.57. The number of ether oxygens (including phenoxy) is 3. The van der Waals surface area contributed by atoms with Crippen LogP contribution in [0.4, 0.5) is 5.69 Å². The van der Waals surface area contributed by atoms with Crippen LogP contribution in [0.25, 0.3) is 0 Å². The van der Waals surface area contributed by atoms with Crippen LogP contribution in [0.2, 0.25) is 0 Å². The predicted molar refractivity (Wildman–Crippen MR) is 128 cm³/mol. The Kier molecular flexibility index (Phi) is 5.24. The number of nitrogens with zero attached hydrogens (tertiary/aromatic N) is 2. The van der Waals surface area contributed by atoms with E-state index in [1.165, 1.54) is 4.90 Å². The number of esters is 1. The monoisotopic (exact) mass is 490 g/mol. The molecule has 3 fully saturated rings. The maximum absolute atomic E-state index is 13.6. The minimum atomic E-state index is -0.441. The molecule has 6 rings (SSSR count). The van der Waals surface area contributed by atoms with Crippen molar-refractivity contribution in [3.05, 3.63) is 53.6 Å². The van der Waals surface area contributed by atoms with Gasteiger partial charge in [-0.25, -0.2) is 4.79 Å². The molecule has 2 aliphatic heterocycles. The van der Waals surface area contributed by atoms with Crippen molar-refractivity contribution in [2.45, 2.75) is 19.4 Å². The molecule has 2 aromatic rings. The van der Waals surface area contributed by atoms with Crippen LogP contribution in [0.3, 0.4) is 0 Å². The minimum Gasteiger partial charge on any atom is -0.497 e. The average Bonchev–Trinajstić information content (AvgIpc) is 3.64. The van der Waals surface area contributed by atoms with Crippen molar-refractivity contribution in [3.63, 3.8) is 0 Å². The summed E-state index contributed by atoms with van der Waals surface area (Å²) in [4.78, 5) is 46.3. The van der Waals surface area contributed by atoms with Gasteiger partial charge in [-0.2, -0.15) is 0 Å². The summed E-state index contributed by atoms with van der Waals surface area (Å²) in [5.74, 6) is -0.661. The predicted octanol–water partition coefficient (Wildman–Crippen LogP) is 3.06. The number of fused-ring (bicyclic) bond motifs is 8. The molecule has 2 saturated carbocycles. The SMILES string of the molecule is CCOC(=O)c1ccc(N2C(=O)[C@@H]3[C@H]4C[C@@H]([C@@H]5C(c6ccc(OC)cc6OC)=NO[C@@H]45)[C@@H]3C2=O)cc1. The lowest BCUT2D eigenvalue weighted by Crippen LogP contribution is -2.41. The van der Waals surface area contributed by atoms with Gasteiger partial charge in [0.2, 0.25) is 11.8 Å². The van der Waals surface area contributed by atoms with Crippen molar-refractivity contribution >= 4 is 29.2 Å². The number of rotatable bonds is 6. The first-order chi connectivity index (χ1) is 17.5. The van der Waals surface area contributed by atoms with Crippen molar-refractivity contribution in [1.29, 1.82) is 0 Å². The van der Waals surface area contributed by atoms with Gasteiger partial charge >= 0.3 is 5.97 Å². The van der Waals surface area contributed by atoms with Crippen LogP contribution in [0, 0.1) is 29.6 Å². The van der Waals surface area contributed by atoms with Gasteiger partial charge in [0, 0.05) is 23.5 Å². The molecule has 0 aromatic heterocycles. The topological polar surface area (TPSA) is 104 Å². The zero-order valence-electron chi connectivity index (χ0n) is 20.2. The lowest BCUT2D eigenvalue weighted by Gasteiger charge is -2.30. The molecule has 4 aliphatic rings. The largest absolute Gasteiger partial charge is 0.497 e. The Morgan fingerprint density at radius 3 is 2.39 bits per heavy atom. The Morgan fingerprint density at radius 2 is 1.72 bits per heavy atom. The molecule has 2 amide bonds. The van der Waals surface area contributed by atoms with E-state index in [-0.39, 0.29) is 42.3 Å². The second-order valence-corrected chi connectivity index (χ2v) is 9.53. The highest BCUT2D eigenvalue weighted by Gasteiger charge is 2.70. The lowest BCUT2D eigenvalue weighted by molar-refractivity contribution is -0.125. The van der Waals surface area contributed by atoms with Gasteiger partial charge in [0.05, 0.1) is 49.6 Å². The summed E-state index contributed by atoms with van der Waals surface area (Å²) in [6.45, 7) is 2.01. The summed E-state index contributed by atoms with van der Waals surface area (Å²) in [7, 11) is 3.18. The number of benzene rings is 2. The molecule has 186 valence electrons. The highest BCUT2D eigenvalue weighted by Crippen LogP contribution is 2.62. The molecule has 6 atom stereocenters. The fraction of sp³-hybridized carbons (Fsp3) is 0.407. The molecule has 2 aromatic carbocycles. The van der Waals surface area contributed by atoms with Crippen molar-refractivity contribution in [2.75, 3.05) is 25.7 Å². The third kappa shape index (κ3) is 3.08. The summed E-state index contributed by atoms with van der Waals surface area (Å²) in [5.41, 5.74) is 2.39. The van der Waals surface area contributed by atoms with Crippen LogP contribution in [0.1, 0.15) is 29.3 Å². The van der Waals surface area contributed by atoms with Crippen molar-refractivity contribution in [2.24, 2.45) is 34.7 Å². The molecular formula is C27H26N2O7. The van der Waals surface area contributed by atoms with E-state index in [0.29, 0.717) is 22.7 Å². The molecule has 36 heavy (non-hydrogen) atoms. The van der Waals surface area contributed by atoms with E-state index in [2.05, 4.69) is 5.16 Å². The van der Waals surface area contributed by atoms with E-state index >= 15 is 0 Å². The molecule has 0 unspecified atom stereocenters. The van der Waals surface area contributed by atoms with Crippen LogP contribution >= 0.6 is 0 Å². The molecule has 2 heterocycles. The lowest BCUT2D eigenvalue weighted by atomic mass is 9.71. The Balaban J connectivity index is 1.29. The van der Waals surface area contributed by atoms with Crippen molar-refractivity contribution < 1.29 is 33.4 Å². The Hall–Kier alpha value is -3.88. The molecule has 2 aliphatic carbocycles. The normalized spacial score (nSPS) is 29.5. The zero-order chi connectivity index (χ0) is 25.1. The van der Waals surface area contributed by atoms with E-state index < -0.39 is 17.8 Å². The Morgan fingerprint density at radius 1 is 1.00 bits per heavy atom. The van der Waals surface area contributed by atoms with E-state index in [1.807, 2.05) is 12.1 Å². The van der Waals surface area contributed by atoms with E-state index in [4.69, 9.17) is 19.0 Å². The third-order valence-corrected chi connectivity index (χ3v) is 8.01. The van der Waals surface area contributed by atoms with E-state index in [0.717, 1.165) is 17.7 Å². The number of hydrogen-bond acceptors (Lipinski definition) is 8. The van der Waals surface area contributed by atoms with Gasteiger partial charge in [0.1, 0.15) is 17.6 Å². The maximum atomic E-state index is 13.6. The molecule has 0 spiro atoms. The molecule has 0 radical (unpaired) electrons. The second kappa shape index (κ2) is 8.36. The maximum Gasteiger partial charge on any atom is 0.338 e. The number of methoxy groups -OCH3 is 2. The first-order valence-electron chi connectivity index (χ1n) is 12.1. The van der Waals surface area contributed by atoms with Gasteiger partial charge in [-0.3, -0.25) is 14.5 Å². The summed E-state index contributed by atoms with van der Waals surface area (Å²) in [5, 5.41) is 4.41. The van der Waals surface area contributed by atoms with Crippen LogP contribution in [0.15, 0.2) is 47.6 Å². The van der Waals surface area contributed by atoms with Crippen LogP contribution < -0.4 is 14.4 Å². The molecule has 1 saturated heterocycles. The number of carbonyl (C=O) groups excluding carboxylic acids is 3. The van der Waals surface area contributed by atoms with Gasteiger partial charge in [-0.1, -0.05) is 5.16 Å². The zero-order valence-corrected chi connectivity index (χ0v) is 20.2. The second-order valence-electron chi connectivity index (χ2n) is 9.53. The first kappa shape index (κ1) is 22.6. The first-order valence-corrected chi connectivity index (χ1v) is 12.1. The summed E-state index contributed by atoms with van der Waals surface area (Å²) < 4.78 is 15.9. The summed E-state index contributed by atoms with van der Waals surface area (Å²) >= 11 is 0. The molecule has 0 N–H and O–H groups in total. The van der Waals surface area contributed by atoms with Gasteiger partial charge in [-0.05, 0) is 55.7 Å². The Bertz CT molecular complexity index is 1290. The van der Waals surface area contributed by atoms with Gasteiger partial charge in [0.15, 0.2) is 0 Å². The molecule has 2 bridgehead atoms. The van der Waals surface area contributed by atoms with Crippen molar-refractivity contribution in [3.8, 4) is 11.5 Å². The molecule has 9 heteroatoms. The smallest absolute Gasteiger partial charge is 0.338 e. The fourth-order valence-corrected chi connectivity index (χ4v) is 6.57. The van der Waals surface area contributed by atoms with Crippen molar-refractivity contribution in [1.82, 2.24) is 0 Å². The Labute approximate surface area is 207 Å². The number of carbonyl (C=O) groups is 3. The van der Waals surface area contributed by atoms with Gasteiger partial charge in [0.25, 0.3) is 0 Å². The highest BCUT2D eigenvalue weighted by molar-refractivity contribution is 6.23. The number of imide groups is 1. The van der Waals surface area contributed by atoms with Gasteiger partial charge in [-0.15, -0.1) is 0 Å². The minimum absolute atomic E-state index is 0.0571. The number of anilines is 1. The third-order valence-electron chi connectivity index (χ3n) is 8.01. The average molecular weight is 491 g/mol. The van der Waals surface area contributed by atoms with E-state index in [9.17, 15) is 14.4 Å². The molecular weight excluding hydrogens is 464 g/mol. The molecule has 9 nitrogen and oxygen atoms in total. The van der Waals surface area contributed by atoms with Crippen LogP contribution in [0.5, 0.6) is 11.5 Å². The number of hydrogen-bond donors (Lipinski definition) is 0. The van der Waals surface area contributed by atoms with E-state index in [1.54, 1.807) is 51.5 Å². The standard InChI is InChI=1S/C27H26N2O7/c1-4-35-27(32)13-5-7-14(8-6-13)29-25(30)20-17-12-18(21(20)26(29)31)24-22(17)23(28-36-24)16-10-9-15(33-2)11-19(16)34-3/h5-11,17-18,20-22,24H,4,12H2,1-3H3/t17-,18-,20+,21-,22-,24+/m1/s1. The number of amides is 2.